The summed E-state index contributed by atoms with van der Waals surface area (Å²) in [6.07, 6.45) is 3.50. The molecule has 5 nitrogen and oxygen atoms in total. The van der Waals surface area contributed by atoms with Gasteiger partial charge in [0, 0.05) is 30.0 Å². The zero-order valence-corrected chi connectivity index (χ0v) is 14.8. The summed E-state index contributed by atoms with van der Waals surface area (Å²) in [5.41, 5.74) is 1.49. The molecule has 2 aromatic rings. The highest BCUT2D eigenvalue weighted by Crippen LogP contribution is 2.27. The van der Waals surface area contributed by atoms with Gasteiger partial charge < -0.3 is 10.2 Å². The Morgan fingerprint density at radius 1 is 1.33 bits per heavy atom. The molecule has 0 saturated carbocycles. The van der Waals surface area contributed by atoms with Crippen molar-refractivity contribution < 1.29 is 4.79 Å². The number of nitrogens with zero attached hydrogens (tertiary/aromatic N) is 3. The second-order valence-corrected chi connectivity index (χ2v) is 6.74. The lowest BCUT2D eigenvalue weighted by molar-refractivity contribution is -0.120. The monoisotopic (exact) mass is 364 g/mol. The van der Waals surface area contributed by atoms with Gasteiger partial charge in [-0.15, -0.1) is 0 Å². The molecule has 2 heterocycles. The summed E-state index contributed by atoms with van der Waals surface area (Å²) in [6, 6.07) is 6.90. The molecule has 1 aromatic carbocycles. The summed E-state index contributed by atoms with van der Waals surface area (Å²) in [6.45, 7) is 3.39. The van der Waals surface area contributed by atoms with Gasteiger partial charge >= 0.3 is 0 Å². The molecule has 0 spiro atoms. The van der Waals surface area contributed by atoms with Crippen molar-refractivity contribution in [3.8, 4) is 0 Å². The molecule has 1 amide bonds. The van der Waals surface area contributed by atoms with E-state index in [1.165, 1.54) is 0 Å². The maximum Gasteiger partial charge on any atom is 0.229 e. The van der Waals surface area contributed by atoms with Gasteiger partial charge in [0.1, 0.15) is 0 Å². The Hall–Kier alpha value is -1.85. The van der Waals surface area contributed by atoms with Crippen LogP contribution in [-0.4, -0.2) is 29.0 Å². The van der Waals surface area contributed by atoms with E-state index >= 15 is 0 Å². The van der Waals surface area contributed by atoms with Gasteiger partial charge in [-0.2, -0.15) is 0 Å². The molecule has 0 radical (unpaired) electrons. The first-order chi connectivity index (χ1) is 11.5. The molecule has 1 aromatic heterocycles. The lowest BCUT2D eigenvalue weighted by Gasteiger charge is -2.32. The highest BCUT2D eigenvalue weighted by Gasteiger charge is 2.27. The summed E-state index contributed by atoms with van der Waals surface area (Å²) in [4.78, 5) is 23.4. The van der Waals surface area contributed by atoms with E-state index in [0.29, 0.717) is 28.2 Å². The molecule has 0 aliphatic carbocycles. The SMILES string of the molecule is Cc1ccnc(N2CCC[C@@H](C(=O)Nc3ccc(Cl)cc3Cl)C2)n1. The van der Waals surface area contributed by atoms with Crippen LogP contribution in [0.25, 0.3) is 0 Å². The number of halogens is 2. The minimum atomic E-state index is -0.130. The maximum atomic E-state index is 12.6. The molecule has 24 heavy (non-hydrogen) atoms. The van der Waals surface area contributed by atoms with Crippen LogP contribution in [-0.2, 0) is 4.79 Å². The second kappa shape index (κ2) is 7.36. The fourth-order valence-electron chi connectivity index (χ4n) is 2.79. The Kier molecular flexibility index (Phi) is 5.21. The molecule has 1 saturated heterocycles. The number of piperidine rings is 1. The van der Waals surface area contributed by atoms with Crippen molar-refractivity contribution in [3.05, 3.63) is 46.2 Å². The van der Waals surface area contributed by atoms with Crippen molar-refractivity contribution in [2.24, 2.45) is 5.92 Å². The number of aromatic nitrogens is 2. The molecule has 1 aliphatic rings. The normalized spacial score (nSPS) is 17.6. The summed E-state index contributed by atoms with van der Waals surface area (Å²) in [5.74, 6) is 0.503. The van der Waals surface area contributed by atoms with Gasteiger partial charge in [-0.05, 0) is 44.0 Å². The first-order valence-corrected chi connectivity index (χ1v) is 8.59. The highest BCUT2D eigenvalue weighted by molar-refractivity contribution is 6.36. The van der Waals surface area contributed by atoms with Crippen molar-refractivity contribution in [2.75, 3.05) is 23.3 Å². The standard InChI is InChI=1S/C17H18Cl2N4O/c1-11-6-7-20-17(21-11)23-8-2-3-12(10-23)16(24)22-15-5-4-13(18)9-14(15)19/h4-7,9,12H,2-3,8,10H2,1H3,(H,22,24)/t12-/m1/s1. The number of carbonyl (C=O) groups is 1. The summed E-state index contributed by atoms with van der Waals surface area (Å²) < 4.78 is 0. The number of carbonyl (C=O) groups excluding carboxylic acids is 1. The van der Waals surface area contributed by atoms with E-state index < -0.39 is 0 Å². The average molecular weight is 365 g/mol. The lowest BCUT2D eigenvalue weighted by atomic mass is 9.97. The van der Waals surface area contributed by atoms with Crippen LogP contribution in [0.15, 0.2) is 30.5 Å². The first kappa shape index (κ1) is 17.0. The number of rotatable bonds is 3. The molecular formula is C17H18Cl2N4O. The second-order valence-electron chi connectivity index (χ2n) is 5.90. The predicted molar refractivity (Wildman–Crippen MR) is 96.8 cm³/mol. The minimum absolute atomic E-state index is 0.0448. The number of amides is 1. The van der Waals surface area contributed by atoms with Crippen molar-refractivity contribution in [1.29, 1.82) is 0 Å². The zero-order chi connectivity index (χ0) is 17.1. The van der Waals surface area contributed by atoms with Crippen molar-refractivity contribution in [2.45, 2.75) is 19.8 Å². The van der Waals surface area contributed by atoms with Crippen molar-refractivity contribution in [3.63, 3.8) is 0 Å². The molecule has 126 valence electrons. The van der Waals surface area contributed by atoms with Crippen LogP contribution in [0.1, 0.15) is 18.5 Å². The number of hydrogen-bond acceptors (Lipinski definition) is 4. The third kappa shape index (κ3) is 3.97. The molecule has 1 atom stereocenters. The quantitative estimate of drug-likeness (QED) is 0.895. The van der Waals surface area contributed by atoms with E-state index in [-0.39, 0.29) is 11.8 Å². The van der Waals surface area contributed by atoms with Crippen LogP contribution in [0.2, 0.25) is 10.0 Å². The molecule has 3 rings (SSSR count). The van der Waals surface area contributed by atoms with Gasteiger partial charge in [-0.3, -0.25) is 4.79 Å². The summed E-state index contributed by atoms with van der Waals surface area (Å²) in [5, 5.41) is 3.87. The van der Waals surface area contributed by atoms with Gasteiger partial charge in [-0.25, -0.2) is 9.97 Å². The predicted octanol–water partition coefficient (Wildman–Crippen LogP) is 3.95. The molecule has 0 unspecified atom stereocenters. The minimum Gasteiger partial charge on any atom is -0.340 e. The van der Waals surface area contributed by atoms with Crippen LogP contribution in [0.4, 0.5) is 11.6 Å². The summed E-state index contributed by atoms with van der Waals surface area (Å²) >= 11 is 12.0. The zero-order valence-electron chi connectivity index (χ0n) is 13.3. The van der Waals surface area contributed by atoms with Gasteiger partial charge in [0.25, 0.3) is 0 Å². The molecule has 1 aliphatic heterocycles. The third-order valence-electron chi connectivity index (χ3n) is 4.05. The van der Waals surface area contributed by atoms with E-state index in [0.717, 1.165) is 25.1 Å². The fourth-order valence-corrected chi connectivity index (χ4v) is 3.24. The Bertz CT molecular complexity index is 753. The van der Waals surface area contributed by atoms with Crippen LogP contribution >= 0.6 is 23.2 Å². The number of nitrogens with one attached hydrogen (secondary N) is 1. The largest absolute Gasteiger partial charge is 0.340 e. The Labute approximate surface area is 151 Å². The van der Waals surface area contributed by atoms with Crippen LogP contribution in [0, 0.1) is 12.8 Å². The van der Waals surface area contributed by atoms with Gasteiger partial charge in [-0.1, -0.05) is 23.2 Å². The topological polar surface area (TPSA) is 58.1 Å². The Morgan fingerprint density at radius 3 is 2.92 bits per heavy atom. The molecular weight excluding hydrogens is 347 g/mol. The Balaban J connectivity index is 1.69. The first-order valence-electron chi connectivity index (χ1n) is 7.83. The maximum absolute atomic E-state index is 12.6. The van der Waals surface area contributed by atoms with Crippen LogP contribution in [0.5, 0.6) is 0 Å². The summed E-state index contributed by atoms with van der Waals surface area (Å²) in [7, 11) is 0. The number of anilines is 2. The van der Waals surface area contributed by atoms with E-state index in [1.807, 2.05) is 13.0 Å². The number of aryl methyl sites for hydroxylation is 1. The fraction of sp³-hybridized carbons (Fsp3) is 0.353. The lowest BCUT2D eigenvalue weighted by Crippen LogP contribution is -2.41. The van der Waals surface area contributed by atoms with Crippen molar-refractivity contribution in [1.82, 2.24) is 9.97 Å². The third-order valence-corrected chi connectivity index (χ3v) is 4.59. The smallest absolute Gasteiger partial charge is 0.229 e. The van der Waals surface area contributed by atoms with Crippen LogP contribution < -0.4 is 10.2 Å². The molecule has 7 heteroatoms. The van der Waals surface area contributed by atoms with E-state index in [9.17, 15) is 4.79 Å². The number of benzene rings is 1. The van der Waals surface area contributed by atoms with Crippen molar-refractivity contribution >= 4 is 40.7 Å². The average Bonchev–Trinajstić information content (AvgIpc) is 2.57. The highest BCUT2D eigenvalue weighted by atomic mass is 35.5. The molecule has 0 bridgehead atoms. The van der Waals surface area contributed by atoms with Gasteiger partial charge in [0.15, 0.2) is 0 Å². The Morgan fingerprint density at radius 2 is 2.17 bits per heavy atom. The van der Waals surface area contributed by atoms with E-state index in [4.69, 9.17) is 23.2 Å². The van der Waals surface area contributed by atoms with E-state index in [2.05, 4.69) is 20.2 Å². The number of hydrogen-bond donors (Lipinski definition) is 1. The van der Waals surface area contributed by atoms with Gasteiger partial charge in [0.2, 0.25) is 11.9 Å². The molecule has 1 N–H and O–H groups in total. The van der Waals surface area contributed by atoms with E-state index in [1.54, 1.807) is 24.4 Å². The van der Waals surface area contributed by atoms with Crippen LogP contribution in [0.3, 0.4) is 0 Å². The van der Waals surface area contributed by atoms with Gasteiger partial charge in [0.05, 0.1) is 16.6 Å². The molecule has 1 fully saturated rings.